The van der Waals surface area contributed by atoms with E-state index in [0.717, 1.165) is 48.8 Å². The van der Waals surface area contributed by atoms with Crippen molar-refractivity contribution in [3.05, 3.63) is 65.1 Å². The third-order valence-corrected chi connectivity index (χ3v) is 6.13. The molecule has 2 aromatic carbocycles. The van der Waals surface area contributed by atoms with Gasteiger partial charge in [0, 0.05) is 26.2 Å². The number of benzene rings is 2. The molecule has 0 atom stereocenters. The normalized spacial score (nSPS) is 13.4. The summed E-state index contributed by atoms with van der Waals surface area (Å²) in [5.41, 5.74) is 8.90. The minimum absolute atomic E-state index is 0.0334. The van der Waals surface area contributed by atoms with Gasteiger partial charge < -0.3 is 20.7 Å². The first-order valence-electron chi connectivity index (χ1n) is 11.4. The summed E-state index contributed by atoms with van der Waals surface area (Å²) in [5.74, 6) is -0.466. The minimum Gasteiger partial charge on any atom is -0.468 e. The molecule has 0 fully saturated rings. The summed E-state index contributed by atoms with van der Waals surface area (Å²) in [6.45, 7) is 1.46. The Kier molecular flexibility index (Phi) is 5.94. The largest absolute Gasteiger partial charge is 0.468 e. The molecular weight excluding hydrogens is 449 g/mol. The number of aromatic nitrogens is 4. The van der Waals surface area contributed by atoms with Crippen molar-refractivity contribution in [1.29, 1.82) is 0 Å². The zero-order valence-electron chi connectivity index (χ0n) is 19.6. The molecule has 1 aliphatic heterocycles. The van der Waals surface area contributed by atoms with E-state index in [1.54, 1.807) is 0 Å². The van der Waals surface area contributed by atoms with Crippen LogP contribution in [0.5, 0.6) is 6.01 Å². The topological polar surface area (TPSA) is 111 Å². The van der Waals surface area contributed by atoms with E-state index in [9.17, 15) is 9.18 Å². The molecule has 35 heavy (non-hydrogen) atoms. The highest BCUT2D eigenvalue weighted by Crippen LogP contribution is 2.34. The number of carbonyl (C=O) groups excluding carboxylic acids is 1. The van der Waals surface area contributed by atoms with Crippen LogP contribution in [0.1, 0.15) is 34.5 Å². The van der Waals surface area contributed by atoms with Crippen molar-refractivity contribution < 1.29 is 13.9 Å². The fourth-order valence-electron chi connectivity index (χ4n) is 4.46. The summed E-state index contributed by atoms with van der Waals surface area (Å²) in [7, 11) is 3.48. The zero-order valence-corrected chi connectivity index (χ0v) is 19.6. The van der Waals surface area contributed by atoms with E-state index in [2.05, 4.69) is 15.2 Å². The molecule has 1 amide bonds. The summed E-state index contributed by atoms with van der Waals surface area (Å²) in [5, 5.41) is 3.46. The summed E-state index contributed by atoms with van der Waals surface area (Å²) in [6.07, 6.45) is 2.78. The molecule has 0 radical (unpaired) electrons. The molecule has 5 rings (SSSR count). The van der Waals surface area contributed by atoms with Crippen LogP contribution < -0.4 is 20.7 Å². The number of nitrogens with two attached hydrogens (primary N) is 1. The molecule has 180 valence electrons. The van der Waals surface area contributed by atoms with E-state index >= 15 is 0 Å². The molecule has 3 N–H and O–H groups in total. The number of hydrogen-bond acceptors (Lipinski definition) is 7. The summed E-state index contributed by atoms with van der Waals surface area (Å²) in [4.78, 5) is 28.2. The van der Waals surface area contributed by atoms with Gasteiger partial charge in [0.15, 0.2) is 5.82 Å². The van der Waals surface area contributed by atoms with Crippen LogP contribution >= 0.6 is 0 Å². The van der Waals surface area contributed by atoms with Crippen LogP contribution in [0.3, 0.4) is 0 Å². The number of hydrogen-bond donors (Lipinski definition) is 2. The number of fused-ring (bicyclic) bond motifs is 2. The SMILES string of the molecule is COc1nc2c(C(N)=O)cc(F)cc2n1-c1nc2c(c(NCc3ccccc3)n1)N(C)CCCC2. The monoisotopic (exact) mass is 475 g/mol. The first kappa shape index (κ1) is 22.6. The van der Waals surface area contributed by atoms with Crippen molar-refractivity contribution >= 4 is 28.4 Å². The summed E-state index contributed by atoms with van der Waals surface area (Å²) >= 11 is 0. The zero-order chi connectivity index (χ0) is 24.5. The van der Waals surface area contributed by atoms with E-state index in [0.29, 0.717) is 17.9 Å². The van der Waals surface area contributed by atoms with Gasteiger partial charge in [-0.15, -0.1) is 0 Å². The van der Waals surface area contributed by atoms with Gasteiger partial charge in [-0.2, -0.15) is 9.97 Å². The number of rotatable bonds is 6. The molecular formula is C25H26FN7O2. The number of aryl methyl sites for hydroxylation is 1. The Hall–Kier alpha value is -4.21. The number of imidazole rings is 1. The maximum Gasteiger partial charge on any atom is 0.304 e. The Morgan fingerprint density at radius 1 is 1.17 bits per heavy atom. The lowest BCUT2D eigenvalue weighted by Crippen LogP contribution is -2.22. The van der Waals surface area contributed by atoms with Gasteiger partial charge in [0.1, 0.15) is 17.0 Å². The van der Waals surface area contributed by atoms with Gasteiger partial charge in [-0.05, 0) is 30.9 Å². The van der Waals surface area contributed by atoms with Crippen LogP contribution in [-0.4, -0.2) is 46.1 Å². The Labute approximate surface area is 201 Å². The lowest BCUT2D eigenvalue weighted by molar-refractivity contribution is 0.100. The van der Waals surface area contributed by atoms with Gasteiger partial charge in [0.2, 0.25) is 5.95 Å². The Balaban J connectivity index is 1.70. The third kappa shape index (κ3) is 4.23. The van der Waals surface area contributed by atoms with Gasteiger partial charge >= 0.3 is 6.01 Å². The molecule has 2 aromatic heterocycles. The van der Waals surface area contributed by atoms with Gasteiger partial charge in [0.25, 0.3) is 5.91 Å². The van der Waals surface area contributed by atoms with Gasteiger partial charge in [0.05, 0.1) is 23.9 Å². The average Bonchev–Trinajstić information content (AvgIpc) is 3.12. The number of halogens is 1. The van der Waals surface area contributed by atoms with Crippen LogP contribution in [0, 0.1) is 5.82 Å². The predicted molar refractivity (Wildman–Crippen MR) is 132 cm³/mol. The molecule has 0 aliphatic carbocycles. The maximum atomic E-state index is 14.5. The molecule has 0 unspecified atom stereocenters. The van der Waals surface area contributed by atoms with E-state index in [-0.39, 0.29) is 23.0 Å². The van der Waals surface area contributed by atoms with Gasteiger partial charge in [-0.25, -0.2) is 13.9 Å². The highest BCUT2D eigenvalue weighted by Gasteiger charge is 2.25. The fourth-order valence-corrected chi connectivity index (χ4v) is 4.46. The number of nitrogens with one attached hydrogen (secondary N) is 1. The molecule has 9 nitrogen and oxygen atoms in total. The van der Waals surface area contributed by atoms with Crippen molar-refractivity contribution in [2.24, 2.45) is 5.73 Å². The van der Waals surface area contributed by atoms with E-state index in [1.807, 2.05) is 37.4 Å². The molecule has 0 saturated carbocycles. The first-order valence-corrected chi connectivity index (χ1v) is 11.4. The second kappa shape index (κ2) is 9.21. The second-order valence-electron chi connectivity index (χ2n) is 8.50. The van der Waals surface area contributed by atoms with Crippen molar-refractivity contribution in [2.75, 3.05) is 30.9 Å². The minimum atomic E-state index is -0.781. The predicted octanol–water partition coefficient (Wildman–Crippen LogP) is 3.45. The van der Waals surface area contributed by atoms with E-state index in [1.165, 1.54) is 17.7 Å². The maximum absolute atomic E-state index is 14.5. The number of primary amides is 1. The summed E-state index contributed by atoms with van der Waals surface area (Å²) < 4.78 is 21.5. The van der Waals surface area contributed by atoms with Crippen molar-refractivity contribution in [1.82, 2.24) is 19.5 Å². The number of carbonyl (C=O) groups is 1. The second-order valence-corrected chi connectivity index (χ2v) is 8.50. The van der Waals surface area contributed by atoms with Crippen LogP contribution in [0.15, 0.2) is 42.5 Å². The Morgan fingerprint density at radius 2 is 1.97 bits per heavy atom. The van der Waals surface area contributed by atoms with Crippen molar-refractivity contribution in [3.63, 3.8) is 0 Å². The number of anilines is 2. The standard InChI is InChI=1S/C25H26FN7O2/c1-32-11-7-6-10-18-21(32)23(28-14-15-8-4-3-5-9-15)31-24(29-18)33-19-13-16(26)12-17(22(27)34)20(19)30-25(33)35-2/h3-5,8-9,12-13H,6-7,10-11,14H2,1-2H3,(H2,27,34)(H,28,29,31). The van der Waals surface area contributed by atoms with Crippen molar-refractivity contribution in [2.45, 2.75) is 25.8 Å². The Morgan fingerprint density at radius 3 is 2.71 bits per heavy atom. The van der Waals surface area contributed by atoms with Crippen LogP contribution in [0.4, 0.5) is 15.9 Å². The fraction of sp³-hybridized carbons (Fsp3) is 0.280. The molecule has 0 spiro atoms. The average molecular weight is 476 g/mol. The quantitative estimate of drug-likeness (QED) is 0.439. The third-order valence-electron chi connectivity index (χ3n) is 6.13. The first-order chi connectivity index (χ1) is 17.0. The van der Waals surface area contributed by atoms with E-state index in [4.69, 9.17) is 20.4 Å². The smallest absolute Gasteiger partial charge is 0.304 e. The lowest BCUT2D eigenvalue weighted by atomic mass is 10.1. The molecule has 4 aromatic rings. The van der Waals surface area contributed by atoms with E-state index < -0.39 is 11.7 Å². The summed E-state index contributed by atoms with van der Waals surface area (Å²) in [6, 6.07) is 12.5. The lowest BCUT2D eigenvalue weighted by Gasteiger charge is -2.23. The molecule has 0 saturated heterocycles. The van der Waals surface area contributed by atoms with Crippen LogP contribution in [0.25, 0.3) is 17.0 Å². The Bertz CT molecular complexity index is 1400. The van der Waals surface area contributed by atoms with Gasteiger partial charge in [-0.1, -0.05) is 30.3 Å². The number of ether oxygens (including phenoxy) is 1. The molecule has 1 aliphatic rings. The molecule has 0 bridgehead atoms. The van der Waals surface area contributed by atoms with Crippen molar-refractivity contribution in [3.8, 4) is 12.0 Å². The number of nitrogens with zero attached hydrogens (tertiary/aromatic N) is 5. The molecule has 3 heterocycles. The highest BCUT2D eigenvalue weighted by molar-refractivity contribution is 6.04. The number of amides is 1. The molecule has 10 heteroatoms. The van der Waals surface area contributed by atoms with Crippen LogP contribution in [-0.2, 0) is 13.0 Å². The van der Waals surface area contributed by atoms with Crippen LogP contribution in [0.2, 0.25) is 0 Å². The number of methoxy groups -OCH3 is 1. The van der Waals surface area contributed by atoms with Gasteiger partial charge in [-0.3, -0.25) is 4.79 Å². The highest BCUT2D eigenvalue weighted by atomic mass is 19.1.